The number of fused-ring (bicyclic) bond motifs is 1. The van der Waals surface area contributed by atoms with E-state index < -0.39 is 5.41 Å². The van der Waals surface area contributed by atoms with Crippen molar-refractivity contribution in [1.82, 2.24) is 15.0 Å². The third-order valence-corrected chi connectivity index (χ3v) is 9.77. The molecular formula is C41H56ClN3O3. The molecule has 0 aliphatic rings. The number of aryl methyl sites for hydroxylation is 1. The van der Waals surface area contributed by atoms with Crippen molar-refractivity contribution in [1.29, 1.82) is 0 Å². The van der Waals surface area contributed by atoms with Crippen LogP contribution in [0.5, 0.6) is 5.75 Å². The minimum atomic E-state index is -0.559. The zero-order chi connectivity index (χ0) is 34.4. The number of aromatic nitrogens is 3. The van der Waals surface area contributed by atoms with E-state index in [1.807, 2.05) is 49.4 Å². The highest BCUT2D eigenvalue weighted by atomic mass is 35.5. The Hall–Kier alpha value is -3.38. The molecule has 4 rings (SSSR count). The fourth-order valence-corrected chi connectivity index (χ4v) is 6.63. The molecule has 260 valence electrons. The minimum absolute atomic E-state index is 0.110. The normalized spacial score (nSPS) is 11.8. The number of rotatable bonds is 21. The number of phenolic OH excluding ortho intramolecular Hbond substituents is 1. The molecule has 0 radical (unpaired) electrons. The highest BCUT2D eigenvalue weighted by molar-refractivity contribution is 6.31. The summed E-state index contributed by atoms with van der Waals surface area (Å²) < 4.78 is 5.59. The molecule has 0 unspecified atom stereocenters. The molecule has 3 aromatic carbocycles. The predicted octanol–water partition coefficient (Wildman–Crippen LogP) is 11.8. The van der Waals surface area contributed by atoms with Crippen LogP contribution in [0.15, 0.2) is 54.6 Å². The fraction of sp³-hybridized carbons (Fsp3) is 0.537. The van der Waals surface area contributed by atoms with Gasteiger partial charge in [0.05, 0.1) is 12.2 Å². The van der Waals surface area contributed by atoms with Crippen LogP contribution in [0.25, 0.3) is 16.7 Å². The van der Waals surface area contributed by atoms with Crippen LogP contribution in [0.1, 0.15) is 151 Å². The van der Waals surface area contributed by atoms with Crippen LogP contribution in [0, 0.1) is 6.92 Å². The number of phenols is 1. The highest BCUT2D eigenvalue weighted by Crippen LogP contribution is 2.40. The van der Waals surface area contributed by atoms with E-state index in [1.165, 1.54) is 94.7 Å². The van der Waals surface area contributed by atoms with Crippen LogP contribution in [0.2, 0.25) is 5.02 Å². The number of unbranched alkanes of at least 4 members (excludes halogenated alkanes) is 15. The van der Waals surface area contributed by atoms with Crippen LogP contribution in [-0.4, -0.2) is 32.7 Å². The van der Waals surface area contributed by atoms with Gasteiger partial charge in [-0.25, -0.2) is 4.79 Å². The van der Waals surface area contributed by atoms with Gasteiger partial charge in [-0.3, -0.25) is 0 Å². The van der Waals surface area contributed by atoms with E-state index in [9.17, 15) is 9.90 Å². The number of halogens is 1. The van der Waals surface area contributed by atoms with Gasteiger partial charge >= 0.3 is 5.97 Å². The molecule has 0 bridgehead atoms. The Morgan fingerprint density at radius 3 is 1.88 bits per heavy atom. The van der Waals surface area contributed by atoms with Crippen molar-refractivity contribution in [3.05, 3.63) is 81.9 Å². The number of hydrogen-bond donors (Lipinski definition) is 1. The largest absolute Gasteiger partial charge is 0.505 e. The summed E-state index contributed by atoms with van der Waals surface area (Å²) in [4.78, 5) is 14.2. The SMILES string of the molecule is CCCCCCCCCCCCCCCCCCOC(=O)c1ccc(C(C)(C)c2cc(C)cc(-n3nc4ccc(Cl)cc4n3)c2O)cc1. The molecule has 0 spiro atoms. The minimum Gasteiger partial charge on any atom is -0.505 e. The topological polar surface area (TPSA) is 77.2 Å². The lowest BCUT2D eigenvalue weighted by Gasteiger charge is -2.28. The summed E-state index contributed by atoms with van der Waals surface area (Å²) in [7, 11) is 0. The second kappa shape index (κ2) is 19.0. The quantitative estimate of drug-likeness (QED) is 0.0703. The average Bonchev–Trinajstić information content (AvgIpc) is 3.50. The molecule has 0 aliphatic heterocycles. The molecular weight excluding hydrogens is 618 g/mol. The number of nitrogens with zero attached hydrogens (tertiary/aromatic N) is 3. The first-order chi connectivity index (χ1) is 23.2. The van der Waals surface area contributed by atoms with E-state index >= 15 is 0 Å². The zero-order valence-electron chi connectivity index (χ0n) is 29.7. The van der Waals surface area contributed by atoms with Gasteiger partial charge < -0.3 is 9.84 Å². The van der Waals surface area contributed by atoms with Crippen LogP contribution in [0.3, 0.4) is 0 Å². The van der Waals surface area contributed by atoms with Crippen molar-refractivity contribution < 1.29 is 14.6 Å². The maximum Gasteiger partial charge on any atom is 0.338 e. The van der Waals surface area contributed by atoms with Gasteiger partial charge in [-0.2, -0.15) is 0 Å². The highest BCUT2D eigenvalue weighted by Gasteiger charge is 2.29. The molecule has 0 saturated carbocycles. The van der Waals surface area contributed by atoms with Crippen LogP contribution in [-0.2, 0) is 10.2 Å². The zero-order valence-corrected chi connectivity index (χ0v) is 30.5. The van der Waals surface area contributed by atoms with Gasteiger partial charge in [0.25, 0.3) is 0 Å². The predicted molar refractivity (Wildman–Crippen MR) is 199 cm³/mol. The molecule has 4 aromatic rings. The summed E-state index contributed by atoms with van der Waals surface area (Å²) in [6, 6.07) is 16.7. The molecule has 7 heteroatoms. The molecule has 0 amide bonds. The molecule has 48 heavy (non-hydrogen) atoms. The van der Waals surface area contributed by atoms with Crippen molar-refractivity contribution in [3.8, 4) is 11.4 Å². The van der Waals surface area contributed by atoms with Crippen molar-refractivity contribution in [2.24, 2.45) is 0 Å². The van der Waals surface area contributed by atoms with Gasteiger partial charge in [0.2, 0.25) is 0 Å². The van der Waals surface area contributed by atoms with E-state index in [2.05, 4.69) is 31.0 Å². The van der Waals surface area contributed by atoms with Gasteiger partial charge in [0.15, 0.2) is 0 Å². The first-order valence-electron chi connectivity index (χ1n) is 18.4. The van der Waals surface area contributed by atoms with E-state index in [4.69, 9.17) is 16.3 Å². The van der Waals surface area contributed by atoms with Crippen molar-refractivity contribution in [3.63, 3.8) is 0 Å². The number of benzene rings is 3. The number of esters is 1. The monoisotopic (exact) mass is 673 g/mol. The summed E-state index contributed by atoms with van der Waals surface area (Å²) in [5.74, 6) is -0.183. The number of ether oxygens (including phenoxy) is 1. The molecule has 1 heterocycles. The molecule has 1 aromatic heterocycles. The lowest BCUT2D eigenvalue weighted by molar-refractivity contribution is 0.0497. The Morgan fingerprint density at radius 2 is 1.29 bits per heavy atom. The van der Waals surface area contributed by atoms with Crippen molar-refractivity contribution in [2.75, 3.05) is 6.61 Å². The summed E-state index contributed by atoms with van der Waals surface area (Å²) in [5, 5.41) is 21.2. The van der Waals surface area contributed by atoms with Gasteiger partial charge in [-0.05, 0) is 60.9 Å². The third-order valence-electron chi connectivity index (χ3n) is 9.54. The Balaban J connectivity index is 1.18. The van der Waals surface area contributed by atoms with Gasteiger partial charge in [-0.15, -0.1) is 15.0 Å². The van der Waals surface area contributed by atoms with E-state index in [0.717, 1.165) is 29.5 Å². The van der Waals surface area contributed by atoms with Gasteiger partial charge in [0.1, 0.15) is 22.5 Å². The second-order valence-corrected chi connectivity index (χ2v) is 14.4. The molecule has 0 atom stereocenters. The average molecular weight is 674 g/mol. The van der Waals surface area contributed by atoms with Crippen LogP contribution >= 0.6 is 11.6 Å². The van der Waals surface area contributed by atoms with Crippen LogP contribution in [0.4, 0.5) is 0 Å². The van der Waals surface area contributed by atoms with Crippen molar-refractivity contribution >= 4 is 28.6 Å². The molecule has 6 nitrogen and oxygen atoms in total. The summed E-state index contributed by atoms with van der Waals surface area (Å²) in [6.45, 7) is 8.83. The third kappa shape index (κ3) is 10.8. The van der Waals surface area contributed by atoms with E-state index in [-0.39, 0.29) is 11.7 Å². The summed E-state index contributed by atoms with van der Waals surface area (Å²) in [5.41, 5.74) is 4.51. The van der Waals surface area contributed by atoms with E-state index in [1.54, 1.807) is 12.1 Å². The van der Waals surface area contributed by atoms with E-state index in [0.29, 0.717) is 33.9 Å². The Bertz CT molecular complexity index is 1580. The summed E-state index contributed by atoms with van der Waals surface area (Å²) >= 11 is 6.14. The summed E-state index contributed by atoms with van der Waals surface area (Å²) in [6.07, 6.45) is 21.1. The fourth-order valence-electron chi connectivity index (χ4n) is 6.46. The van der Waals surface area contributed by atoms with Gasteiger partial charge in [0, 0.05) is 16.0 Å². The van der Waals surface area contributed by atoms with Crippen LogP contribution < -0.4 is 0 Å². The Morgan fingerprint density at radius 1 is 0.750 bits per heavy atom. The maximum atomic E-state index is 12.7. The number of carbonyl (C=O) groups is 1. The van der Waals surface area contributed by atoms with Crippen molar-refractivity contribution in [2.45, 2.75) is 136 Å². The number of carbonyl (C=O) groups excluding carboxylic acids is 1. The molecule has 0 fully saturated rings. The maximum absolute atomic E-state index is 12.7. The van der Waals surface area contributed by atoms with Gasteiger partial charge in [-0.1, -0.05) is 147 Å². The first kappa shape index (κ1) is 37.4. The lowest BCUT2D eigenvalue weighted by atomic mass is 9.76. The molecule has 1 N–H and O–H groups in total. The molecule has 0 saturated heterocycles. The smallest absolute Gasteiger partial charge is 0.338 e. The first-order valence-corrected chi connectivity index (χ1v) is 18.7. The second-order valence-electron chi connectivity index (χ2n) is 13.9. The Kier molecular flexibility index (Phi) is 14.8. The standard InChI is InChI=1S/C41H56ClN3O3/c1-5-6-7-8-9-10-11-12-13-14-15-16-17-18-19-20-27-48-40(47)32-21-23-33(24-22-32)41(3,4)35-28-31(2)29-38(39(35)46)45-43-36-26-25-34(42)30-37(36)44-45/h21-26,28-30,46H,5-20,27H2,1-4H3. The Labute approximate surface area is 293 Å². The number of aromatic hydroxyl groups is 1. The molecule has 0 aliphatic carbocycles. The lowest BCUT2D eigenvalue weighted by Crippen LogP contribution is -2.20. The number of hydrogen-bond acceptors (Lipinski definition) is 5.